The Morgan fingerprint density at radius 1 is 1.00 bits per heavy atom. The van der Waals surface area contributed by atoms with E-state index in [-0.39, 0.29) is 17.7 Å². The first-order valence-electron chi connectivity index (χ1n) is 8.91. The summed E-state index contributed by atoms with van der Waals surface area (Å²) < 4.78 is 30.5. The molecule has 0 fully saturated rings. The fraction of sp³-hybridized carbons (Fsp3) is 0.261. The average Bonchev–Trinajstić information content (AvgIpc) is 2.67. The molecule has 148 valence electrons. The van der Waals surface area contributed by atoms with Gasteiger partial charge in [-0.05, 0) is 43.5 Å². The second-order valence-electron chi connectivity index (χ2n) is 7.08. The van der Waals surface area contributed by atoms with Crippen LogP contribution in [0.5, 0.6) is 0 Å². The zero-order chi connectivity index (χ0) is 20.9. The normalized spacial score (nSPS) is 13.4. The summed E-state index contributed by atoms with van der Waals surface area (Å²) in [7, 11) is -2.89. The van der Waals surface area contributed by atoms with E-state index in [1.165, 1.54) is 19.2 Å². The van der Waals surface area contributed by atoms with Crippen molar-refractivity contribution in [3.63, 3.8) is 0 Å². The quantitative estimate of drug-likeness (QED) is 0.476. The van der Waals surface area contributed by atoms with Crippen molar-refractivity contribution in [1.82, 2.24) is 0 Å². The zero-order valence-corrected chi connectivity index (χ0v) is 17.4. The molecule has 2 aromatic carbocycles. The maximum absolute atomic E-state index is 13.7. The second kappa shape index (κ2) is 8.57. The van der Waals surface area contributed by atoms with Gasteiger partial charge in [0.2, 0.25) is 0 Å². The number of hydrogen-bond donors (Lipinski definition) is 0. The van der Waals surface area contributed by atoms with Crippen molar-refractivity contribution in [2.45, 2.75) is 36.3 Å². The molecular formula is C23H26O4S. The Morgan fingerprint density at radius 3 is 2.07 bits per heavy atom. The molecule has 0 spiro atoms. The van der Waals surface area contributed by atoms with Crippen molar-refractivity contribution in [2.24, 2.45) is 0 Å². The lowest BCUT2D eigenvalue weighted by molar-refractivity contribution is -0.143. The van der Waals surface area contributed by atoms with Gasteiger partial charge >= 0.3 is 5.97 Å². The summed E-state index contributed by atoms with van der Waals surface area (Å²) >= 11 is 0. The van der Waals surface area contributed by atoms with Crippen LogP contribution < -0.4 is 0 Å². The molecule has 5 heteroatoms. The van der Waals surface area contributed by atoms with Gasteiger partial charge in [0.25, 0.3) is 0 Å². The molecule has 0 amide bonds. The van der Waals surface area contributed by atoms with Gasteiger partial charge in [0.05, 0.1) is 12.0 Å². The van der Waals surface area contributed by atoms with Crippen LogP contribution in [0, 0.1) is 6.92 Å². The number of carbonyl (C=O) groups excluding carboxylic acids is 1. The molecular weight excluding hydrogens is 372 g/mol. The lowest BCUT2D eigenvalue weighted by Crippen LogP contribution is -2.47. The molecule has 2 rings (SSSR count). The topological polar surface area (TPSA) is 60.4 Å². The summed E-state index contributed by atoms with van der Waals surface area (Å²) in [5.74, 6) is -0.812. The van der Waals surface area contributed by atoms with Crippen molar-refractivity contribution in [1.29, 1.82) is 0 Å². The van der Waals surface area contributed by atoms with Crippen LogP contribution in [0.15, 0.2) is 78.2 Å². The number of esters is 1. The van der Waals surface area contributed by atoms with E-state index in [4.69, 9.17) is 4.74 Å². The first-order valence-corrected chi connectivity index (χ1v) is 10.4. The van der Waals surface area contributed by atoms with Gasteiger partial charge in [-0.1, -0.05) is 60.2 Å². The first kappa shape index (κ1) is 21.6. The van der Waals surface area contributed by atoms with Crippen molar-refractivity contribution >= 4 is 21.4 Å². The maximum atomic E-state index is 13.7. The van der Waals surface area contributed by atoms with E-state index in [1.54, 1.807) is 19.1 Å². The number of sulfone groups is 1. The Labute approximate surface area is 167 Å². The number of allylic oxidation sites excluding steroid dienone is 2. The predicted octanol–water partition coefficient (Wildman–Crippen LogP) is 4.75. The lowest BCUT2D eigenvalue weighted by Gasteiger charge is -2.32. The molecule has 0 N–H and O–H groups in total. The van der Waals surface area contributed by atoms with Crippen molar-refractivity contribution < 1.29 is 17.9 Å². The lowest BCUT2D eigenvalue weighted by atomic mass is 9.90. The number of ether oxygens (including phenoxy) is 1. The minimum Gasteiger partial charge on any atom is -0.468 e. The summed E-state index contributed by atoms with van der Waals surface area (Å²) in [6.45, 7) is 11.5. The summed E-state index contributed by atoms with van der Waals surface area (Å²) in [5.41, 5.74) is 2.82. The fourth-order valence-electron chi connectivity index (χ4n) is 3.24. The minimum absolute atomic E-state index is 0.0538. The van der Waals surface area contributed by atoms with E-state index in [0.29, 0.717) is 11.1 Å². The molecule has 0 bridgehead atoms. The molecule has 0 aliphatic carbocycles. The molecule has 0 aromatic heterocycles. The number of benzene rings is 2. The van der Waals surface area contributed by atoms with Crippen LogP contribution in [0.25, 0.3) is 5.57 Å². The number of aryl methyl sites for hydroxylation is 1. The maximum Gasteiger partial charge on any atom is 0.328 e. The van der Waals surface area contributed by atoms with Crippen LogP contribution in [-0.4, -0.2) is 26.2 Å². The van der Waals surface area contributed by atoms with Crippen LogP contribution in [0.1, 0.15) is 30.9 Å². The van der Waals surface area contributed by atoms with Gasteiger partial charge in [-0.25, -0.2) is 8.42 Å². The number of carbonyl (C=O) groups is 1. The highest BCUT2D eigenvalue weighted by Gasteiger charge is 2.52. The van der Waals surface area contributed by atoms with Gasteiger partial charge < -0.3 is 4.74 Å². The zero-order valence-electron chi connectivity index (χ0n) is 16.6. The number of methoxy groups -OCH3 is 1. The first-order chi connectivity index (χ1) is 13.1. The monoisotopic (exact) mass is 398 g/mol. The third-order valence-electron chi connectivity index (χ3n) is 4.67. The Hall–Kier alpha value is -2.66. The molecule has 0 saturated carbocycles. The van der Waals surface area contributed by atoms with E-state index in [1.807, 2.05) is 37.3 Å². The highest BCUT2D eigenvalue weighted by molar-refractivity contribution is 7.93. The highest BCUT2D eigenvalue weighted by atomic mass is 32.2. The molecule has 1 atom stereocenters. The van der Waals surface area contributed by atoms with E-state index < -0.39 is 20.6 Å². The fourth-order valence-corrected chi connectivity index (χ4v) is 5.29. The third kappa shape index (κ3) is 4.25. The van der Waals surface area contributed by atoms with E-state index in [0.717, 1.165) is 11.1 Å². The minimum atomic E-state index is -4.09. The van der Waals surface area contributed by atoms with Gasteiger partial charge in [0, 0.05) is 6.42 Å². The van der Waals surface area contributed by atoms with Gasteiger partial charge in [-0.3, -0.25) is 4.79 Å². The van der Waals surface area contributed by atoms with E-state index in [9.17, 15) is 13.2 Å². The molecule has 0 radical (unpaired) electrons. The summed E-state index contributed by atoms with van der Waals surface area (Å²) in [4.78, 5) is 13.0. The van der Waals surface area contributed by atoms with Crippen LogP contribution in [0.4, 0.5) is 0 Å². The molecule has 0 saturated heterocycles. The van der Waals surface area contributed by atoms with E-state index >= 15 is 0 Å². The van der Waals surface area contributed by atoms with Crippen molar-refractivity contribution in [3.05, 3.63) is 84.5 Å². The Kier molecular flexibility index (Phi) is 6.62. The number of hydrogen-bond acceptors (Lipinski definition) is 4. The Morgan fingerprint density at radius 2 is 1.57 bits per heavy atom. The molecule has 2 aromatic rings. The van der Waals surface area contributed by atoms with Crippen LogP contribution in [0.3, 0.4) is 0 Å². The molecule has 4 nitrogen and oxygen atoms in total. The summed E-state index contributed by atoms with van der Waals surface area (Å²) in [5, 5.41) is 0. The van der Waals surface area contributed by atoms with Gasteiger partial charge in [-0.2, -0.15) is 0 Å². The second-order valence-corrected chi connectivity index (χ2v) is 9.34. The van der Waals surface area contributed by atoms with Gasteiger partial charge in [-0.15, -0.1) is 6.58 Å². The van der Waals surface area contributed by atoms with Crippen LogP contribution >= 0.6 is 0 Å². The predicted molar refractivity (Wildman–Crippen MR) is 113 cm³/mol. The van der Waals surface area contributed by atoms with Crippen LogP contribution in [-0.2, 0) is 19.4 Å². The van der Waals surface area contributed by atoms with Crippen molar-refractivity contribution in [3.8, 4) is 0 Å². The standard InChI is InChI=1S/C23H26O4S/c1-17(2)15-23(22(24)27-5,16-19(4)20-9-7-6-8-10-20)28(25,26)21-13-11-18(3)12-14-21/h6-14H,1,4,15-16H2,2-3,5H3. The van der Waals surface area contributed by atoms with Gasteiger partial charge in [0.1, 0.15) is 0 Å². The molecule has 0 aliphatic rings. The SMILES string of the molecule is C=C(C)CC(CC(=C)c1ccccc1)(C(=O)OC)S(=O)(=O)c1ccc(C)cc1. The summed E-state index contributed by atoms with van der Waals surface area (Å²) in [6, 6.07) is 15.7. The largest absolute Gasteiger partial charge is 0.468 e. The summed E-state index contributed by atoms with van der Waals surface area (Å²) in [6.07, 6.45) is -0.144. The molecule has 0 heterocycles. The van der Waals surface area contributed by atoms with Crippen LogP contribution in [0.2, 0.25) is 0 Å². The van der Waals surface area contributed by atoms with Gasteiger partial charge in [0.15, 0.2) is 14.6 Å². The molecule has 28 heavy (non-hydrogen) atoms. The number of rotatable bonds is 8. The third-order valence-corrected chi connectivity index (χ3v) is 7.05. The smallest absolute Gasteiger partial charge is 0.328 e. The van der Waals surface area contributed by atoms with E-state index in [2.05, 4.69) is 13.2 Å². The highest BCUT2D eigenvalue weighted by Crippen LogP contribution is 2.40. The molecule has 1 unspecified atom stereocenters. The van der Waals surface area contributed by atoms with Crippen molar-refractivity contribution in [2.75, 3.05) is 7.11 Å². The molecule has 0 aliphatic heterocycles. The average molecular weight is 399 g/mol. The Balaban J connectivity index is 2.66. The Bertz CT molecular complexity index is 973.